The maximum absolute atomic E-state index is 5.26. The van der Waals surface area contributed by atoms with Crippen molar-refractivity contribution in [1.29, 1.82) is 0 Å². The molecule has 1 nitrogen and oxygen atoms in total. The van der Waals surface area contributed by atoms with E-state index in [-0.39, 0.29) is 4.49 Å². The van der Waals surface area contributed by atoms with Crippen molar-refractivity contribution < 1.29 is 4.74 Å². The van der Waals surface area contributed by atoms with Crippen LogP contribution >= 0.6 is 23.2 Å². The number of ether oxygens (including phenoxy) is 1. The molecular weight excluding hydrogens is 159 g/mol. The molecule has 0 aliphatic carbocycles. The summed E-state index contributed by atoms with van der Waals surface area (Å²) in [6.45, 7) is 4.76. The fourth-order valence-electron chi connectivity index (χ4n) is 0.304. The first-order chi connectivity index (χ1) is 4.13. The van der Waals surface area contributed by atoms with Crippen LogP contribution in [0.25, 0.3) is 0 Å². The highest BCUT2D eigenvalue weighted by Gasteiger charge is 1.90. The van der Waals surface area contributed by atoms with Crippen LogP contribution in [0.15, 0.2) is 10.8 Å². The van der Waals surface area contributed by atoms with Gasteiger partial charge in [0.05, 0.1) is 6.61 Å². The van der Waals surface area contributed by atoms with E-state index in [1.807, 2.05) is 0 Å². The van der Waals surface area contributed by atoms with Gasteiger partial charge in [0.1, 0.15) is 10.8 Å². The molecule has 0 unspecified atom stereocenters. The van der Waals surface area contributed by atoms with Crippen molar-refractivity contribution in [2.45, 2.75) is 13.8 Å². The SMILES string of the molecule is CC(C)COC=C(Cl)Cl. The van der Waals surface area contributed by atoms with E-state index in [0.29, 0.717) is 12.5 Å². The van der Waals surface area contributed by atoms with Gasteiger partial charge in [-0.1, -0.05) is 37.0 Å². The molecule has 0 bridgehead atoms. The molecule has 54 valence electrons. The third-order valence-corrected chi connectivity index (χ3v) is 0.780. The number of rotatable bonds is 3. The second-order valence-electron chi connectivity index (χ2n) is 2.13. The largest absolute Gasteiger partial charge is 0.498 e. The molecule has 0 aliphatic heterocycles. The minimum atomic E-state index is 0.163. The van der Waals surface area contributed by atoms with Gasteiger partial charge in [0, 0.05) is 0 Å². The van der Waals surface area contributed by atoms with Crippen LogP contribution in [0.5, 0.6) is 0 Å². The van der Waals surface area contributed by atoms with E-state index < -0.39 is 0 Å². The van der Waals surface area contributed by atoms with Crippen molar-refractivity contribution in [1.82, 2.24) is 0 Å². The van der Waals surface area contributed by atoms with Crippen molar-refractivity contribution in [3.8, 4) is 0 Å². The fraction of sp³-hybridized carbons (Fsp3) is 0.667. The van der Waals surface area contributed by atoms with Gasteiger partial charge in [0.25, 0.3) is 0 Å². The molecule has 0 rings (SSSR count). The molecule has 9 heavy (non-hydrogen) atoms. The van der Waals surface area contributed by atoms with E-state index in [1.165, 1.54) is 6.26 Å². The molecule has 0 aromatic rings. The lowest BCUT2D eigenvalue weighted by Gasteiger charge is -2.01. The van der Waals surface area contributed by atoms with Gasteiger partial charge in [-0.3, -0.25) is 0 Å². The lowest BCUT2D eigenvalue weighted by atomic mass is 10.2. The smallest absolute Gasteiger partial charge is 0.141 e. The van der Waals surface area contributed by atoms with Crippen LogP contribution in [0.3, 0.4) is 0 Å². The van der Waals surface area contributed by atoms with Crippen LogP contribution < -0.4 is 0 Å². The summed E-state index contributed by atoms with van der Waals surface area (Å²) in [5.41, 5.74) is 0. The molecule has 0 aliphatic rings. The Morgan fingerprint density at radius 2 is 2.11 bits per heavy atom. The summed E-state index contributed by atoms with van der Waals surface area (Å²) in [4.78, 5) is 0. The van der Waals surface area contributed by atoms with Crippen molar-refractivity contribution in [2.75, 3.05) is 6.61 Å². The van der Waals surface area contributed by atoms with Gasteiger partial charge in [0.15, 0.2) is 0 Å². The molecule has 0 aromatic heterocycles. The summed E-state index contributed by atoms with van der Waals surface area (Å²) in [6.07, 6.45) is 1.34. The van der Waals surface area contributed by atoms with E-state index in [2.05, 4.69) is 13.8 Å². The van der Waals surface area contributed by atoms with Crippen LogP contribution in [-0.2, 0) is 4.74 Å². The van der Waals surface area contributed by atoms with Gasteiger partial charge in [-0.2, -0.15) is 0 Å². The molecule has 0 saturated heterocycles. The molecular formula is C6H10Cl2O. The summed E-state index contributed by atoms with van der Waals surface area (Å²) >= 11 is 10.5. The van der Waals surface area contributed by atoms with E-state index in [0.717, 1.165) is 0 Å². The first kappa shape index (κ1) is 9.12. The Labute approximate surface area is 65.6 Å². The number of hydrogen-bond acceptors (Lipinski definition) is 1. The topological polar surface area (TPSA) is 9.23 Å². The Kier molecular flexibility index (Phi) is 5.02. The van der Waals surface area contributed by atoms with Crippen LogP contribution in [0.2, 0.25) is 0 Å². The van der Waals surface area contributed by atoms with Gasteiger partial charge >= 0.3 is 0 Å². The summed E-state index contributed by atoms with van der Waals surface area (Å²) in [6, 6.07) is 0. The van der Waals surface area contributed by atoms with Crippen molar-refractivity contribution >= 4 is 23.2 Å². The lowest BCUT2D eigenvalue weighted by Crippen LogP contribution is -1.96. The van der Waals surface area contributed by atoms with Gasteiger partial charge in [-0.15, -0.1) is 0 Å². The first-order valence-electron chi connectivity index (χ1n) is 2.75. The van der Waals surface area contributed by atoms with Crippen molar-refractivity contribution in [3.05, 3.63) is 10.8 Å². The first-order valence-corrected chi connectivity index (χ1v) is 3.51. The quantitative estimate of drug-likeness (QED) is 0.590. The number of hydrogen-bond donors (Lipinski definition) is 0. The van der Waals surface area contributed by atoms with Gasteiger partial charge < -0.3 is 4.74 Å². The maximum Gasteiger partial charge on any atom is 0.141 e. The van der Waals surface area contributed by atoms with Crippen LogP contribution in [-0.4, -0.2) is 6.61 Å². The minimum Gasteiger partial charge on any atom is -0.498 e. The molecule has 0 atom stereocenters. The van der Waals surface area contributed by atoms with Crippen molar-refractivity contribution in [3.63, 3.8) is 0 Å². The van der Waals surface area contributed by atoms with E-state index in [4.69, 9.17) is 27.9 Å². The highest BCUT2D eigenvalue weighted by molar-refractivity contribution is 6.55. The van der Waals surface area contributed by atoms with E-state index in [1.54, 1.807) is 0 Å². The zero-order chi connectivity index (χ0) is 7.28. The summed E-state index contributed by atoms with van der Waals surface area (Å²) < 4.78 is 5.09. The molecule has 0 radical (unpaired) electrons. The van der Waals surface area contributed by atoms with E-state index >= 15 is 0 Å². The minimum absolute atomic E-state index is 0.163. The van der Waals surface area contributed by atoms with Crippen LogP contribution in [0, 0.1) is 5.92 Å². The average molecular weight is 169 g/mol. The third-order valence-electron chi connectivity index (χ3n) is 0.602. The Morgan fingerprint density at radius 1 is 1.56 bits per heavy atom. The third kappa shape index (κ3) is 8.12. The molecule has 3 heteroatoms. The molecule has 0 fully saturated rings. The van der Waals surface area contributed by atoms with Crippen molar-refractivity contribution in [2.24, 2.45) is 5.92 Å². The standard InChI is InChI=1S/C6H10Cl2O/c1-5(2)3-9-4-6(7)8/h4-5H,3H2,1-2H3. The zero-order valence-corrected chi connectivity index (χ0v) is 7.04. The molecule has 0 amide bonds. The Bertz CT molecular complexity index is 95.2. The number of halogens is 2. The molecule has 0 N–H and O–H groups in total. The average Bonchev–Trinajstić information content (AvgIpc) is 1.63. The van der Waals surface area contributed by atoms with Gasteiger partial charge in [0.2, 0.25) is 0 Å². The van der Waals surface area contributed by atoms with Gasteiger partial charge in [-0.25, -0.2) is 0 Å². The van der Waals surface area contributed by atoms with Crippen LogP contribution in [0.4, 0.5) is 0 Å². The molecule has 0 heterocycles. The van der Waals surface area contributed by atoms with Crippen LogP contribution in [0.1, 0.15) is 13.8 Å². The highest BCUT2D eigenvalue weighted by Crippen LogP contribution is 2.06. The second-order valence-corrected chi connectivity index (χ2v) is 3.14. The predicted molar refractivity (Wildman–Crippen MR) is 40.6 cm³/mol. The summed E-state index contributed by atoms with van der Waals surface area (Å²) in [5.74, 6) is 0.508. The molecule has 0 spiro atoms. The predicted octanol–water partition coefficient (Wildman–Crippen LogP) is 2.94. The highest BCUT2D eigenvalue weighted by atomic mass is 35.5. The summed E-state index contributed by atoms with van der Waals surface area (Å²) in [5, 5.41) is 0. The second kappa shape index (κ2) is 4.95. The molecule has 0 aromatic carbocycles. The Balaban J connectivity index is 3.20. The molecule has 0 saturated carbocycles. The normalized spacial score (nSPS) is 9.44. The maximum atomic E-state index is 5.26. The fourth-order valence-corrected chi connectivity index (χ4v) is 0.430. The summed E-state index contributed by atoms with van der Waals surface area (Å²) in [7, 11) is 0. The lowest BCUT2D eigenvalue weighted by molar-refractivity contribution is 0.211. The van der Waals surface area contributed by atoms with E-state index in [9.17, 15) is 0 Å². The monoisotopic (exact) mass is 168 g/mol. The Morgan fingerprint density at radius 3 is 2.44 bits per heavy atom. The van der Waals surface area contributed by atoms with Gasteiger partial charge in [-0.05, 0) is 5.92 Å². The Hall–Kier alpha value is 0.120. The zero-order valence-electron chi connectivity index (χ0n) is 5.53.